The van der Waals surface area contributed by atoms with Gasteiger partial charge in [0, 0.05) is 17.6 Å². The van der Waals surface area contributed by atoms with Gasteiger partial charge in [-0.2, -0.15) is 0 Å². The Bertz CT molecular complexity index is 753. The summed E-state index contributed by atoms with van der Waals surface area (Å²) in [4.78, 5) is 12.0. The highest BCUT2D eigenvalue weighted by molar-refractivity contribution is 7.90. The maximum Gasteiger partial charge on any atom is 0.323 e. The average molecular weight is 320 g/mol. The second-order valence-corrected chi connectivity index (χ2v) is 6.62. The summed E-state index contributed by atoms with van der Waals surface area (Å²) >= 11 is 0. The standard InChI is InChI=1S/C15H16N2O4S/c1-21-13-7-3-11(4-8-13)16-15(18)17-12-5-9-14(10-6-12)22(2,19)20/h3-10H,1-2H3,(H2,16,17,18). The highest BCUT2D eigenvalue weighted by atomic mass is 32.2. The van der Waals surface area contributed by atoms with Crippen molar-refractivity contribution >= 4 is 27.2 Å². The minimum absolute atomic E-state index is 0.202. The summed E-state index contributed by atoms with van der Waals surface area (Å²) in [5.74, 6) is 0.697. The maximum atomic E-state index is 11.8. The molecule has 0 aliphatic rings. The smallest absolute Gasteiger partial charge is 0.323 e. The fraction of sp³-hybridized carbons (Fsp3) is 0.133. The molecule has 2 N–H and O–H groups in total. The van der Waals surface area contributed by atoms with Crippen molar-refractivity contribution in [3.05, 3.63) is 48.5 Å². The molecule has 116 valence electrons. The van der Waals surface area contributed by atoms with Crippen LogP contribution in [0.3, 0.4) is 0 Å². The molecule has 2 amide bonds. The molecule has 0 bridgehead atoms. The van der Waals surface area contributed by atoms with Crippen LogP contribution in [0.2, 0.25) is 0 Å². The minimum Gasteiger partial charge on any atom is -0.497 e. The third-order valence-electron chi connectivity index (χ3n) is 2.89. The Balaban J connectivity index is 1.99. The SMILES string of the molecule is COc1ccc(NC(=O)Nc2ccc(S(C)(=O)=O)cc2)cc1. The van der Waals surface area contributed by atoms with Crippen molar-refractivity contribution < 1.29 is 17.9 Å². The van der Waals surface area contributed by atoms with Crippen LogP contribution >= 0.6 is 0 Å². The zero-order valence-electron chi connectivity index (χ0n) is 12.2. The number of rotatable bonds is 4. The normalized spacial score (nSPS) is 10.8. The van der Waals surface area contributed by atoms with E-state index in [-0.39, 0.29) is 4.90 Å². The van der Waals surface area contributed by atoms with Crippen LogP contribution in [-0.4, -0.2) is 27.8 Å². The molecular weight excluding hydrogens is 304 g/mol. The molecule has 0 aromatic heterocycles. The topological polar surface area (TPSA) is 84.5 Å². The molecule has 0 fully saturated rings. The fourth-order valence-corrected chi connectivity index (χ4v) is 2.38. The van der Waals surface area contributed by atoms with E-state index in [0.29, 0.717) is 17.1 Å². The Labute approximate surface area is 129 Å². The number of methoxy groups -OCH3 is 1. The highest BCUT2D eigenvalue weighted by Crippen LogP contribution is 2.16. The largest absolute Gasteiger partial charge is 0.497 e. The van der Waals surface area contributed by atoms with Crippen LogP contribution in [0.5, 0.6) is 5.75 Å². The van der Waals surface area contributed by atoms with E-state index >= 15 is 0 Å². The molecule has 6 nitrogen and oxygen atoms in total. The number of sulfone groups is 1. The van der Waals surface area contributed by atoms with Crippen LogP contribution in [0, 0.1) is 0 Å². The Hall–Kier alpha value is -2.54. The second kappa shape index (κ2) is 6.48. The lowest BCUT2D eigenvalue weighted by Crippen LogP contribution is -2.19. The van der Waals surface area contributed by atoms with Gasteiger partial charge >= 0.3 is 6.03 Å². The molecule has 2 aromatic carbocycles. The van der Waals surface area contributed by atoms with E-state index in [4.69, 9.17) is 4.74 Å². The van der Waals surface area contributed by atoms with Gasteiger partial charge in [0.2, 0.25) is 0 Å². The van der Waals surface area contributed by atoms with Gasteiger partial charge in [0.05, 0.1) is 12.0 Å². The van der Waals surface area contributed by atoms with Crippen molar-refractivity contribution in [1.29, 1.82) is 0 Å². The molecule has 0 aliphatic heterocycles. The van der Waals surface area contributed by atoms with Crippen molar-refractivity contribution in [2.75, 3.05) is 24.0 Å². The van der Waals surface area contributed by atoms with Gasteiger partial charge < -0.3 is 15.4 Å². The Morgan fingerprint density at radius 3 is 1.77 bits per heavy atom. The lowest BCUT2D eigenvalue weighted by atomic mass is 10.3. The van der Waals surface area contributed by atoms with E-state index in [2.05, 4.69) is 10.6 Å². The summed E-state index contributed by atoms with van der Waals surface area (Å²) in [5, 5.41) is 5.28. The van der Waals surface area contributed by atoms with Gasteiger partial charge in [-0.3, -0.25) is 0 Å². The molecule has 0 aliphatic carbocycles. The molecule has 0 spiro atoms. The third kappa shape index (κ3) is 4.23. The molecule has 7 heteroatoms. The number of nitrogens with one attached hydrogen (secondary N) is 2. The summed E-state index contributed by atoms with van der Waals surface area (Å²) in [6.07, 6.45) is 1.13. The number of carbonyl (C=O) groups excluding carboxylic acids is 1. The Morgan fingerprint density at radius 2 is 1.36 bits per heavy atom. The van der Waals surface area contributed by atoms with Crippen molar-refractivity contribution in [3.63, 3.8) is 0 Å². The molecule has 0 radical (unpaired) electrons. The number of ether oxygens (including phenoxy) is 1. The van der Waals surface area contributed by atoms with Crippen LogP contribution in [-0.2, 0) is 9.84 Å². The first kappa shape index (κ1) is 15.8. The van der Waals surface area contributed by atoms with E-state index in [1.807, 2.05) is 0 Å². The zero-order chi connectivity index (χ0) is 16.2. The number of carbonyl (C=O) groups is 1. The van der Waals surface area contributed by atoms with E-state index in [1.165, 1.54) is 24.3 Å². The number of benzene rings is 2. The number of anilines is 2. The molecule has 0 heterocycles. The maximum absolute atomic E-state index is 11.8. The quantitative estimate of drug-likeness (QED) is 0.907. The molecule has 22 heavy (non-hydrogen) atoms. The van der Waals surface area contributed by atoms with E-state index in [0.717, 1.165) is 6.26 Å². The lowest BCUT2D eigenvalue weighted by molar-refractivity contribution is 0.262. The van der Waals surface area contributed by atoms with Crippen LogP contribution in [0.25, 0.3) is 0 Å². The van der Waals surface area contributed by atoms with Crippen molar-refractivity contribution in [2.24, 2.45) is 0 Å². The van der Waals surface area contributed by atoms with Gasteiger partial charge in [-0.15, -0.1) is 0 Å². The van der Waals surface area contributed by atoms with Crippen molar-refractivity contribution in [2.45, 2.75) is 4.90 Å². The van der Waals surface area contributed by atoms with E-state index < -0.39 is 15.9 Å². The van der Waals surface area contributed by atoms with Gasteiger partial charge in [-0.05, 0) is 48.5 Å². The molecule has 0 atom stereocenters. The second-order valence-electron chi connectivity index (χ2n) is 4.60. The summed E-state index contributed by atoms with van der Waals surface area (Å²) in [6.45, 7) is 0. The van der Waals surface area contributed by atoms with E-state index in [9.17, 15) is 13.2 Å². The van der Waals surface area contributed by atoms with Gasteiger partial charge in [0.1, 0.15) is 5.75 Å². The summed E-state index contributed by atoms with van der Waals surface area (Å²) in [5.41, 5.74) is 1.12. The molecule has 2 aromatic rings. The number of hydrogen-bond donors (Lipinski definition) is 2. The predicted octanol–water partition coefficient (Wildman–Crippen LogP) is 2.74. The lowest BCUT2D eigenvalue weighted by Gasteiger charge is -2.08. The molecule has 0 unspecified atom stereocenters. The average Bonchev–Trinajstić information content (AvgIpc) is 2.47. The van der Waals surface area contributed by atoms with Crippen molar-refractivity contribution in [3.8, 4) is 5.75 Å². The third-order valence-corrected chi connectivity index (χ3v) is 4.02. The number of amides is 2. The van der Waals surface area contributed by atoms with Crippen LogP contribution in [0.15, 0.2) is 53.4 Å². The summed E-state index contributed by atoms with van der Waals surface area (Å²) < 4.78 is 27.7. The molecule has 0 saturated heterocycles. The Morgan fingerprint density at radius 1 is 0.909 bits per heavy atom. The first-order valence-electron chi connectivity index (χ1n) is 6.40. The number of hydrogen-bond acceptors (Lipinski definition) is 4. The van der Waals surface area contributed by atoms with Gasteiger partial charge in [0.25, 0.3) is 0 Å². The first-order valence-corrected chi connectivity index (χ1v) is 8.30. The highest BCUT2D eigenvalue weighted by Gasteiger charge is 2.07. The summed E-state index contributed by atoms with van der Waals surface area (Å²) in [7, 11) is -1.68. The molecule has 0 saturated carbocycles. The monoisotopic (exact) mass is 320 g/mol. The predicted molar refractivity (Wildman–Crippen MR) is 85.2 cm³/mol. The summed E-state index contributed by atoms with van der Waals surface area (Å²) in [6, 6.07) is 12.4. The Kier molecular flexibility index (Phi) is 4.67. The first-order chi connectivity index (χ1) is 10.4. The van der Waals surface area contributed by atoms with Crippen molar-refractivity contribution in [1.82, 2.24) is 0 Å². The van der Waals surface area contributed by atoms with E-state index in [1.54, 1.807) is 31.4 Å². The van der Waals surface area contributed by atoms with Crippen LogP contribution in [0.1, 0.15) is 0 Å². The fourth-order valence-electron chi connectivity index (χ4n) is 1.75. The van der Waals surface area contributed by atoms with Gasteiger partial charge in [-0.25, -0.2) is 13.2 Å². The molecular formula is C15H16N2O4S. The number of urea groups is 1. The van der Waals surface area contributed by atoms with Crippen LogP contribution < -0.4 is 15.4 Å². The van der Waals surface area contributed by atoms with Crippen LogP contribution in [0.4, 0.5) is 16.2 Å². The zero-order valence-corrected chi connectivity index (χ0v) is 13.0. The van der Waals surface area contributed by atoms with Gasteiger partial charge in [0.15, 0.2) is 9.84 Å². The minimum atomic E-state index is -3.24. The van der Waals surface area contributed by atoms with Gasteiger partial charge in [-0.1, -0.05) is 0 Å². The molecule has 2 rings (SSSR count).